The van der Waals surface area contributed by atoms with E-state index in [9.17, 15) is 9.59 Å². The first-order chi connectivity index (χ1) is 13.6. The maximum Gasteiger partial charge on any atom is 0.227 e. The second-order valence-corrected chi connectivity index (χ2v) is 7.86. The fourth-order valence-electron chi connectivity index (χ4n) is 3.46. The summed E-state index contributed by atoms with van der Waals surface area (Å²) in [7, 11) is 1.97. The smallest absolute Gasteiger partial charge is 0.227 e. The SMILES string of the molecule is Cn1cc(-c2cccs2)nc1CCNC(=O)[C@@H]1CC(=O)N(c2ccccc2)C1. The lowest BCUT2D eigenvalue weighted by molar-refractivity contribution is -0.126. The third-order valence-corrected chi connectivity index (χ3v) is 5.85. The van der Waals surface area contributed by atoms with Crippen molar-refractivity contribution in [1.29, 1.82) is 0 Å². The number of anilines is 1. The summed E-state index contributed by atoms with van der Waals surface area (Å²) in [6, 6.07) is 13.6. The molecule has 0 bridgehead atoms. The summed E-state index contributed by atoms with van der Waals surface area (Å²) in [5.74, 6) is 0.545. The predicted octanol–water partition coefficient (Wildman–Crippen LogP) is 2.86. The van der Waals surface area contributed by atoms with Crippen molar-refractivity contribution in [1.82, 2.24) is 14.9 Å². The van der Waals surface area contributed by atoms with Gasteiger partial charge in [-0.05, 0) is 23.6 Å². The van der Waals surface area contributed by atoms with Crippen molar-refractivity contribution >= 4 is 28.8 Å². The van der Waals surface area contributed by atoms with Crippen molar-refractivity contribution in [2.45, 2.75) is 12.8 Å². The summed E-state index contributed by atoms with van der Waals surface area (Å²) in [5.41, 5.74) is 1.80. The van der Waals surface area contributed by atoms with Crippen LogP contribution in [0.5, 0.6) is 0 Å². The highest BCUT2D eigenvalue weighted by atomic mass is 32.1. The van der Waals surface area contributed by atoms with Crippen LogP contribution in [0.2, 0.25) is 0 Å². The molecule has 3 aromatic rings. The van der Waals surface area contributed by atoms with Gasteiger partial charge in [0.2, 0.25) is 11.8 Å². The topological polar surface area (TPSA) is 67.2 Å². The van der Waals surface area contributed by atoms with Crippen LogP contribution in [0.3, 0.4) is 0 Å². The average molecular weight is 395 g/mol. The number of hydrogen-bond acceptors (Lipinski definition) is 4. The number of nitrogens with one attached hydrogen (secondary N) is 1. The van der Waals surface area contributed by atoms with E-state index >= 15 is 0 Å². The monoisotopic (exact) mass is 394 g/mol. The number of carbonyl (C=O) groups is 2. The van der Waals surface area contributed by atoms with Crippen molar-refractivity contribution < 1.29 is 9.59 Å². The summed E-state index contributed by atoms with van der Waals surface area (Å²) in [5, 5.41) is 5.00. The molecule has 1 atom stereocenters. The van der Waals surface area contributed by atoms with Crippen molar-refractivity contribution in [2.75, 3.05) is 18.0 Å². The number of aromatic nitrogens is 2. The van der Waals surface area contributed by atoms with Gasteiger partial charge in [-0.1, -0.05) is 24.3 Å². The Hall–Kier alpha value is -2.93. The third-order valence-electron chi connectivity index (χ3n) is 4.96. The van der Waals surface area contributed by atoms with Gasteiger partial charge in [-0.25, -0.2) is 4.98 Å². The minimum absolute atomic E-state index is 0.00367. The summed E-state index contributed by atoms with van der Waals surface area (Å²) in [6.07, 6.45) is 2.92. The molecule has 2 aromatic heterocycles. The fourth-order valence-corrected chi connectivity index (χ4v) is 4.14. The maximum atomic E-state index is 12.5. The van der Waals surface area contributed by atoms with Crippen LogP contribution < -0.4 is 10.2 Å². The molecule has 1 aliphatic heterocycles. The largest absolute Gasteiger partial charge is 0.355 e. The Bertz CT molecular complexity index is 966. The van der Waals surface area contributed by atoms with Crippen molar-refractivity contribution in [3.8, 4) is 10.6 Å². The molecule has 0 aliphatic carbocycles. The Kier molecular flexibility index (Phi) is 5.25. The van der Waals surface area contributed by atoms with E-state index in [0.29, 0.717) is 19.5 Å². The van der Waals surface area contributed by atoms with Crippen LogP contribution in [-0.4, -0.2) is 34.5 Å². The predicted molar refractivity (Wildman–Crippen MR) is 110 cm³/mol. The van der Waals surface area contributed by atoms with Gasteiger partial charge >= 0.3 is 0 Å². The molecular formula is C21H22N4O2S. The van der Waals surface area contributed by atoms with E-state index < -0.39 is 0 Å². The van der Waals surface area contributed by atoms with Crippen LogP contribution in [0.1, 0.15) is 12.2 Å². The quantitative estimate of drug-likeness (QED) is 0.699. The van der Waals surface area contributed by atoms with Crippen LogP contribution in [0.4, 0.5) is 5.69 Å². The minimum Gasteiger partial charge on any atom is -0.355 e. The second kappa shape index (κ2) is 7.98. The molecule has 144 valence electrons. The molecule has 2 amide bonds. The van der Waals surface area contributed by atoms with Gasteiger partial charge in [0.1, 0.15) is 5.82 Å². The van der Waals surface area contributed by atoms with Gasteiger partial charge in [0.25, 0.3) is 0 Å². The van der Waals surface area contributed by atoms with E-state index in [1.165, 1.54) is 0 Å². The van der Waals surface area contributed by atoms with Gasteiger partial charge in [0.15, 0.2) is 0 Å². The van der Waals surface area contributed by atoms with E-state index in [4.69, 9.17) is 0 Å². The minimum atomic E-state index is -0.309. The van der Waals surface area contributed by atoms with Crippen LogP contribution in [0.15, 0.2) is 54.0 Å². The zero-order valence-electron chi connectivity index (χ0n) is 15.7. The zero-order chi connectivity index (χ0) is 19.5. The first kappa shape index (κ1) is 18.4. The molecule has 1 aliphatic rings. The molecule has 3 heterocycles. The summed E-state index contributed by atoms with van der Waals surface area (Å²) < 4.78 is 2.00. The van der Waals surface area contributed by atoms with E-state index in [2.05, 4.69) is 10.3 Å². The summed E-state index contributed by atoms with van der Waals surface area (Å²) in [4.78, 5) is 32.3. The maximum absolute atomic E-state index is 12.5. The molecule has 6 nitrogen and oxygen atoms in total. The first-order valence-electron chi connectivity index (χ1n) is 9.31. The number of rotatable bonds is 6. The normalized spacial score (nSPS) is 16.5. The van der Waals surface area contributed by atoms with Crippen molar-refractivity contribution in [3.63, 3.8) is 0 Å². The Labute approximate surface area is 167 Å². The molecule has 0 radical (unpaired) electrons. The van der Waals surface area contributed by atoms with E-state index in [1.807, 2.05) is 65.7 Å². The van der Waals surface area contributed by atoms with Gasteiger partial charge in [-0.2, -0.15) is 0 Å². The van der Waals surface area contributed by atoms with E-state index in [1.54, 1.807) is 16.2 Å². The lowest BCUT2D eigenvalue weighted by atomic mass is 10.1. The van der Waals surface area contributed by atoms with Gasteiger partial charge in [-0.15, -0.1) is 11.3 Å². The number of carbonyl (C=O) groups excluding carboxylic acids is 2. The number of imidazole rings is 1. The number of nitrogens with zero attached hydrogens (tertiary/aromatic N) is 3. The van der Waals surface area contributed by atoms with Crippen molar-refractivity contribution in [2.24, 2.45) is 13.0 Å². The highest BCUT2D eigenvalue weighted by molar-refractivity contribution is 7.13. The Balaban J connectivity index is 1.31. The number of amides is 2. The Morgan fingerprint density at radius 1 is 1.25 bits per heavy atom. The number of para-hydroxylation sites is 1. The molecule has 1 N–H and O–H groups in total. The van der Waals surface area contributed by atoms with E-state index in [-0.39, 0.29) is 24.2 Å². The molecule has 1 fully saturated rings. The lowest BCUT2D eigenvalue weighted by Gasteiger charge is -2.16. The standard InChI is InChI=1S/C21H22N4O2S/c1-24-14-17(18-8-5-11-28-18)23-19(24)9-10-22-21(27)15-12-20(26)25(13-15)16-6-3-2-4-7-16/h2-8,11,14-15H,9-10,12-13H2,1H3,(H,22,27)/t15-/m1/s1. The van der Waals surface area contributed by atoms with Crippen LogP contribution in [0.25, 0.3) is 10.6 Å². The van der Waals surface area contributed by atoms with Crippen LogP contribution in [0, 0.1) is 5.92 Å². The number of hydrogen-bond donors (Lipinski definition) is 1. The molecule has 0 saturated carbocycles. The first-order valence-corrected chi connectivity index (χ1v) is 10.2. The Morgan fingerprint density at radius 2 is 2.07 bits per heavy atom. The Morgan fingerprint density at radius 3 is 2.82 bits per heavy atom. The van der Waals surface area contributed by atoms with Gasteiger partial charge in [0, 0.05) is 44.9 Å². The van der Waals surface area contributed by atoms with E-state index in [0.717, 1.165) is 22.1 Å². The van der Waals surface area contributed by atoms with Crippen LogP contribution >= 0.6 is 11.3 Å². The van der Waals surface area contributed by atoms with Gasteiger partial charge in [-0.3, -0.25) is 9.59 Å². The molecule has 0 unspecified atom stereocenters. The molecule has 1 aromatic carbocycles. The molecule has 4 rings (SSSR count). The zero-order valence-corrected chi connectivity index (χ0v) is 16.5. The average Bonchev–Trinajstić information content (AvgIpc) is 3.43. The molecule has 1 saturated heterocycles. The number of benzene rings is 1. The number of thiophene rings is 1. The lowest BCUT2D eigenvalue weighted by Crippen LogP contribution is -2.34. The number of aryl methyl sites for hydroxylation is 1. The van der Waals surface area contributed by atoms with Crippen molar-refractivity contribution in [3.05, 3.63) is 59.9 Å². The van der Waals surface area contributed by atoms with Gasteiger partial charge < -0.3 is 14.8 Å². The second-order valence-electron chi connectivity index (χ2n) is 6.91. The fraction of sp³-hybridized carbons (Fsp3) is 0.286. The summed E-state index contributed by atoms with van der Waals surface area (Å²) in [6.45, 7) is 0.934. The van der Waals surface area contributed by atoms with Gasteiger partial charge in [0.05, 0.1) is 16.5 Å². The third kappa shape index (κ3) is 3.84. The molecule has 0 spiro atoms. The molecule has 7 heteroatoms. The highest BCUT2D eigenvalue weighted by Crippen LogP contribution is 2.25. The highest BCUT2D eigenvalue weighted by Gasteiger charge is 2.34. The summed E-state index contributed by atoms with van der Waals surface area (Å²) >= 11 is 1.66. The molecule has 28 heavy (non-hydrogen) atoms. The van der Waals surface area contributed by atoms with Crippen LogP contribution in [-0.2, 0) is 23.1 Å². The molecular weight excluding hydrogens is 372 g/mol.